The molecule has 2 unspecified atom stereocenters. The maximum Gasteiger partial charge on any atom is 0.236 e. The van der Waals surface area contributed by atoms with Gasteiger partial charge in [-0.25, -0.2) is 0 Å². The largest absolute Gasteiger partial charge is 0.345 e. The summed E-state index contributed by atoms with van der Waals surface area (Å²) >= 11 is 1.69. The second-order valence-electron chi connectivity index (χ2n) is 5.87. The van der Waals surface area contributed by atoms with Crippen LogP contribution >= 0.6 is 11.8 Å². The Labute approximate surface area is 125 Å². The number of thioether (sulfide) groups is 1. The molecule has 3 nitrogen and oxygen atoms in total. The lowest BCUT2D eigenvalue weighted by Crippen LogP contribution is -2.38. The number of hydrogen-bond donors (Lipinski definition) is 1. The van der Waals surface area contributed by atoms with Gasteiger partial charge in [0.15, 0.2) is 0 Å². The van der Waals surface area contributed by atoms with Gasteiger partial charge in [0.2, 0.25) is 5.91 Å². The molecular weight excluding hydrogens is 268 g/mol. The number of nitrogens with zero attached hydrogens (tertiary/aromatic N) is 1. The first-order valence-corrected chi connectivity index (χ1v) is 8.12. The van der Waals surface area contributed by atoms with Crippen molar-refractivity contribution in [3.63, 3.8) is 0 Å². The third-order valence-corrected chi connectivity index (χ3v) is 5.26. The van der Waals surface area contributed by atoms with Gasteiger partial charge < -0.3 is 10.6 Å². The second-order valence-corrected chi connectivity index (χ2v) is 7.12. The zero-order valence-corrected chi connectivity index (χ0v) is 13.3. The summed E-state index contributed by atoms with van der Waals surface area (Å²) in [4.78, 5) is 15.5. The average Bonchev–Trinajstić information content (AvgIpc) is 2.87. The molecule has 0 spiro atoms. The van der Waals surface area contributed by atoms with Crippen LogP contribution in [0.1, 0.15) is 25.8 Å². The van der Waals surface area contributed by atoms with Crippen molar-refractivity contribution in [2.24, 2.45) is 11.7 Å². The van der Waals surface area contributed by atoms with Crippen molar-refractivity contribution in [2.45, 2.75) is 42.9 Å². The van der Waals surface area contributed by atoms with Gasteiger partial charge in [-0.15, -0.1) is 11.8 Å². The van der Waals surface area contributed by atoms with Crippen LogP contribution < -0.4 is 5.73 Å². The monoisotopic (exact) mass is 292 g/mol. The molecule has 2 rings (SSSR count). The quantitative estimate of drug-likeness (QED) is 0.907. The molecule has 0 aliphatic carbocycles. The number of carbonyl (C=O) groups is 1. The number of nitrogens with two attached hydrogens (primary N) is 1. The average molecular weight is 292 g/mol. The maximum atomic E-state index is 12.5. The molecule has 0 fully saturated rings. The summed E-state index contributed by atoms with van der Waals surface area (Å²) in [5.74, 6) is 0.686. The third kappa shape index (κ3) is 3.55. The molecule has 0 aromatic heterocycles. The van der Waals surface area contributed by atoms with E-state index in [4.69, 9.17) is 5.73 Å². The van der Waals surface area contributed by atoms with Crippen LogP contribution in [0.25, 0.3) is 0 Å². The van der Waals surface area contributed by atoms with E-state index in [1.165, 1.54) is 10.5 Å². The molecule has 110 valence electrons. The van der Waals surface area contributed by atoms with Gasteiger partial charge in [0, 0.05) is 24.5 Å². The first-order chi connectivity index (χ1) is 9.49. The minimum Gasteiger partial charge on any atom is -0.345 e. The normalized spacial score (nSPS) is 18.9. The number of fused-ring (bicyclic) bond motifs is 1. The first-order valence-electron chi connectivity index (χ1n) is 7.24. The lowest BCUT2D eigenvalue weighted by atomic mass is 10.0. The van der Waals surface area contributed by atoms with Crippen LogP contribution in [0, 0.1) is 5.92 Å². The van der Waals surface area contributed by atoms with Crippen molar-refractivity contribution >= 4 is 17.7 Å². The van der Waals surface area contributed by atoms with Crippen molar-refractivity contribution in [1.29, 1.82) is 0 Å². The number of hydrogen-bond acceptors (Lipinski definition) is 3. The minimum atomic E-state index is 0.0349. The molecule has 1 aliphatic heterocycles. The van der Waals surface area contributed by atoms with Crippen LogP contribution in [0.2, 0.25) is 0 Å². The van der Waals surface area contributed by atoms with Crippen LogP contribution in [-0.4, -0.2) is 35.7 Å². The number of rotatable bonds is 5. The van der Waals surface area contributed by atoms with Crippen LogP contribution in [-0.2, 0) is 11.2 Å². The molecule has 2 N–H and O–H groups in total. The molecular formula is C16H24N2OS. The minimum absolute atomic E-state index is 0.0349. The van der Waals surface area contributed by atoms with E-state index < -0.39 is 0 Å². The highest BCUT2D eigenvalue weighted by molar-refractivity contribution is 8.01. The van der Waals surface area contributed by atoms with Crippen molar-refractivity contribution in [3.8, 4) is 0 Å². The molecule has 2 atom stereocenters. The predicted molar refractivity (Wildman–Crippen MR) is 84.9 cm³/mol. The van der Waals surface area contributed by atoms with E-state index in [-0.39, 0.29) is 17.2 Å². The first kappa shape index (κ1) is 15.4. The Bertz CT molecular complexity index is 450. The third-order valence-electron chi connectivity index (χ3n) is 3.95. The van der Waals surface area contributed by atoms with Gasteiger partial charge in [-0.3, -0.25) is 4.79 Å². The van der Waals surface area contributed by atoms with Crippen molar-refractivity contribution in [1.82, 2.24) is 4.90 Å². The number of benzene rings is 1. The van der Waals surface area contributed by atoms with Crippen LogP contribution in [0.3, 0.4) is 0 Å². The highest BCUT2D eigenvalue weighted by Gasteiger charge is 2.30. The van der Waals surface area contributed by atoms with Gasteiger partial charge >= 0.3 is 0 Å². The van der Waals surface area contributed by atoms with E-state index in [1.807, 2.05) is 24.1 Å². The van der Waals surface area contributed by atoms with E-state index in [9.17, 15) is 4.79 Å². The fraction of sp³-hybridized carbons (Fsp3) is 0.562. The Balaban J connectivity index is 1.87. The van der Waals surface area contributed by atoms with Gasteiger partial charge in [-0.2, -0.15) is 0 Å². The highest BCUT2D eigenvalue weighted by Crippen LogP contribution is 2.37. The second kappa shape index (κ2) is 6.64. The molecule has 1 aromatic carbocycles. The lowest BCUT2D eigenvalue weighted by Gasteiger charge is -2.23. The summed E-state index contributed by atoms with van der Waals surface area (Å²) < 4.78 is 0. The van der Waals surface area contributed by atoms with Crippen LogP contribution in [0.5, 0.6) is 0 Å². The van der Waals surface area contributed by atoms with Crippen molar-refractivity contribution in [3.05, 3.63) is 29.8 Å². The molecule has 1 aromatic rings. The van der Waals surface area contributed by atoms with Crippen molar-refractivity contribution in [2.75, 3.05) is 13.6 Å². The molecule has 1 amide bonds. The highest BCUT2D eigenvalue weighted by atomic mass is 32.2. The SMILES string of the molecule is CC(C)C(N)CCN(C)C(=O)C1Cc2ccccc2S1. The van der Waals surface area contributed by atoms with E-state index >= 15 is 0 Å². The van der Waals surface area contributed by atoms with Gasteiger partial charge in [-0.05, 0) is 30.4 Å². The zero-order valence-electron chi connectivity index (χ0n) is 12.5. The lowest BCUT2D eigenvalue weighted by molar-refractivity contribution is -0.129. The maximum absolute atomic E-state index is 12.5. The van der Waals surface area contributed by atoms with Crippen LogP contribution in [0.4, 0.5) is 0 Å². The molecule has 0 bridgehead atoms. The smallest absolute Gasteiger partial charge is 0.236 e. The van der Waals surface area contributed by atoms with Crippen molar-refractivity contribution < 1.29 is 4.79 Å². The fourth-order valence-electron chi connectivity index (χ4n) is 2.35. The van der Waals surface area contributed by atoms with Crippen LogP contribution in [0.15, 0.2) is 29.2 Å². The van der Waals surface area contributed by atoms with E-state index in [0.717, 1.165) is 19.4 Å². The molecule has 0 saturated carbocycles. The summed E-state index contributed by atoms with van der Waals surface area (Å²) in [6.45, 7) is 4.98. The van der Waals surface area contributed by atoms with Gasteiger partial charge in [0.05, 0.1) is 5.25 Å². The number of carbonyl (C=O) groups excluding carboxylic acids is 1. The Morgan fingerprint density at radius 3 is 2.80 bits per heavy atom. The van der Waals surface area contributed by atoms with E-state index in [1.54, 1.807) is 11.8 Å². The molecule has 1 aliphatic rings. The topological polar surface area (TPSA) is 46.3 Å². The van der Waals surface area contributed by atoms with Gasteiger partial charge in [0.1, 0.15) is 0 Å². The summed E-state index contributed by atoms with van der Waals surface area (Å²) in [5.41, 5.74) is 7.34. The van der Waals surface area contributed by atoms with E-state index in [2.05, 4.69) is 26.0 Å². The molecule has 0 saturated heterocycles. The van der Waals surface area contributed by atoms with Gasteiger partial charge in [0.25, 0.3) is 0 Å². The Kier molecular flexibility index (Phi) is 5.11. The summed E-state index contributed by atoms with van der Waals surface area (Å²) in [6.07, 6.45) is 1.71. The molecule has 1 heterocycles. The number of amides is 1. The Morgan fingerprint density at radius 2 is 2.15 bits per heavy atom. The summed E-state index contributed by atoms with van der Waals surface area (Å²) in [7, 11) is 1.89. The summed E-state index contributed by atoms with van der Waals surface area (Å²) in [6, 6.07) is 8.45. The molecule has 20 heavy (non-hydrogen) atoms. The molecule has 0 radical (unpaired) electrons. The predicted octanol–water partition coefficient (Wildman–Crippen LogP) is 2.54. The zero-order chi connectivity index (χ0) is 14.7. The fourth-order valence-corrected chi connectivity index (χ4v) is 3.66. The molecule has 4 heteroatoms. The van der Waals surface area contributed by atoms with E-state index in [0.29, 0.717) is 5.92 Å². The summed E-state index contributed by atoms with van der Waals surface area (Å²) in [5, 5.41) is 0.0349. The Hall–Kier alpha value is -1.00. The standard InChI is InChI=1S/C16H24N2OS/c1-11(2)13(17)8-9-18(3)16(19)15-10-12-6-4-5-7-14(12)20-15/h4-7,11,13,15H,8-10,17H2,1-3H3. The Morgan fingerprint density at radius 1 is 1.45 bits per heavy atom. The van der Waals surface area contributed by atoms with Gasteiger partial charge in [-0.1, -0.05) is 32.0 Å².